The maximum Gasteiger partial charge on any atom is 0.277 e. The van der Waals surface area contributed by atoms with Crippen molar-refractivity contribution >= 4 is 5.78 Å². The summed E-state index contributed by atoms with van der Waals surface area (Å²) in [7, 11) is 0. The zero-order chi connectivity index (χ0) is 10.4. The molecule has 2 heterocycles. The van der Waals surface area contributed by atoms with Gasteiger partial charge in [-0.3, -0.25) is 9.89 Å². The van der Waals surface area contributed by atoms with Crippen LogP contribution in [0.5, 0.6) is 0 Å². The Labute approximate surface area is 86.2 Å². The van der Waals surface area contributed by atoms with Crippen LogP contribution in [0.2, 0.25) is 0 Å². The molecule has 3 rings (SSSR count). The molecule has 0 amide bonds. The quantitative estimate of drug-likeness (QED) is 0.681. The fourth-order valence-electron chi connectivity index (χ4n) is 2.18. The van der Waals surface area contributed by atoms with Crippen LogP contribution in [0.15, 0.2) is 11.1 Å². The molecule has 15 heavy (non-hydrogen) atoms. The zero-order valence-electron chi connectivity index (χ0n) is 8.53. The van der Waals surface area contributed by atoms with Crippen LogP contribution in [0, 0.1) is 5.92 Å². The predicted molar refractivity (Wildman–Crippen MR) is 54.8 cm³/mol. The van der Waals surface area contributed by atoms with Crippen LogP contribution in [0.25, 0.3) is 5.78 Å². The molecule has 5 nitrogen and oxygen atoms in total. The van der Waals surface area contributed by atoms with Gasteiger partial charge in [0.2, 0.25) is 0 Å². The van der Waals surface area contributed by atoms with Gasteiger partial charge in [-0.2, -0.15) is 4.52 Å². The van der Waals surface area contributed by atoms with Gasteiger partial charge in [0, 0.05) is 5.56 Å². The van der Waals surface area contributed by atoms with Gasteiger partial charge in [-0.05, 0) is 25.2 Å². The van der Waals surface area contributed by atoms with Crippen LogP contribution < -0.4 is 5.56 Å². The van der Waals surface area contributed by atoms with E-state index in [1.165, 1.54) is 10.8 Å². The highest BCUT2D eigenvalue weighted by molar-refractivity contribution is 5.32. The third kappa shape index (κ3) is 1.19. The fraction of sp³-hybridized carbons (Fsp3) is 0.500. The van der Waals surface area contributed by atoms with E-state index in [0.717, 1.165) is 30.5 Å². The van der Waals surface area contributed by atoms with Crippen LogP contribution in [0.4, 0.5) is 0 Å². The van der Waals surface area contributed by atoms with Gasteiger partial charge in [0.05, 0.1) is 5.69 Å². The van der Waals surface area contributed by atoms with E-state index in [9.17, 15) is 4.79 Å². The van der Waals surface area contributed by atoms with Gasteiger partial charge < -0.3 is 0 Å². The topological polar surface area (TPSA) is 63.1 Å². The number of fused-ring (bicyclic) bond motifs is 2. The third-order valence-corrected chi connectivity index (χ3v) is 3.04. The lowest BCUT2D eigenvalue weighted by Gasteiger charge is -2.19. The van der Waals surface area contributed by atoms with Crippen LogP contribution in [0.1, 0.15) is 24.6 Å². The first kappa shape index (κ1) is 8.64. The molecule has 0 unspecified atom stereocenters. The normalized spacial score (nSPS) is 20.5. The Morgan fingerprint density at radius 1 is 1.60 bits per heavy atom. The molecule has 0 bridgehead atoms. The lowest BCUT2D eigenvalue weighted by atomic mass is 9.89. The molecule has 1 aliphatic rings. The summed E-state index contributed by atoms with van der Waals surface area (Å²) in [4.78, 5) is 20.4. The van der Waals surface area contributed by atoms with Gasteiger partial charge in [0.1, 0.15) is 6.33 Å². The minimum absolute atomic E-state index is 0.0133. The molecular weight excluding hydrogens is 192 g/mol. The van der Waals surface area contributed by atoms with Gasteiger partial charge >= 0.3 is 0 Å². The second-order valence-corrected chi connectivity index (χ2v) is 4.21. The highest BCUT2D eigenvalue weighted by atomic mass is 16.1. The molecule has 0 saturated heterocycles. The smallest absolute Gasteiger partial charge is 0.277 e. The number of H-pyrrole nitrogens is 1. The highest BCUT2D eigenvalue weighted by Crippen LogP contribution is 2.21. The second-order valence-electron chi connectivity index (χ2n) is 4.21. The minimum Gasteiger partial charge on any atom is -0.278 e. The fourth-order valence-corrected chi connectivity index (χ4v) is 2.18. The average Bonchev–Trinajstić information content (AvgIpc) is 2.65. The van der Waals surface area contributed by atoms with E-state index in [-0.39, 0.29) is 5.56 Å². The maximum absolute atomic E-state index is 12.0. The summed E-state index contributed by atoms with van der Waals surface area (Å²) in [5.74, 6) is 1.10. The Morgan fingerprint density at radius 2 is 2.47 bits per heavy atom. The van der Waals surface area contributed by atoms with Crippen LogP contribution in [-0.4, -0.2) is 19.6 Å². The summed E-state index contributed by atoms with van der Waals surface area (Å²) in [5.41, 5.74) is 1.81. The van der Waals surface area contributed by atoms with Gasteiger partial charge in [-0.1, -0.05) is 6.92 Å². The Kier molecular flexibility index (Phi) is 1.68. The molecule has 5 heteroatoms. The SMILES string of the molecule is C[C@H]1CCc2c(nc3nc[nH]n3c2=O)C1. The van der Waals surface area contributed by atoms with Crippen molar-refractivity contribution in [2.45, 2.75) is 26.2 Å². The third-order valence-electron chi connectivity index (χ3n) is 3.04. The monoisotopic (exact) mass is 204 g/mol. The summed E-state index contributed by atoms with van der Waals surface area (Å²) in [5, 5.41) is 2.78. The highest BCUT2D eigenvalue weighted by Gasteiger charge is 2.21. The number of hydrogen-bond donors (Lipinski definition) is 1. The summed E-state index contributed by atoms with van der Waals surface area (Å²) >= 11 is 0. The molecule has 0 fully saturated rings. The van der Waals surface area contributed by atoms with E-state index in [2.05, 4.69) is 22.0 Å². The summed E-state index contributed by atoms with van der Waals surface area (Å²) in [6.07, 6.45) is 4.31. The molecule has 0 aromatic carbocycles. The van der Waals surface area contributed by atoms with Gasteiger partial charge in [0.15, 0.2) is 0 Å². The predicted octanol–water partition coefficient (Wildman–Crippen LogP) is 0.542. The van der Waals surface area contributed by atoms with Gasteiger partial charge in [0.25, 0.3) is 11.3 Å². The second kappa shape index (κ2) is 2.92. The Morgan fingerprint density at radius 3 is 3.33 bits per heavy atom. The number of aromatic amines is 1. The molecule has 1 atom stereocenters. The molecular formula is C10H12N4O. The van der Waals surface area contributed by atoms with Crippen molar-refractivity contribution in [3.63, 3.8) is 0 Å². The average molecular weight is 204 g/mol. The van der Waals surface area contributed by atoms with E-state index in [4.69, 9.17) is 0 Å². The van der Waals surface area contributed by atoms with Gasteiger partial charge in [-0.15, -0.1) is 0 Å². The van der Waals surface area contributed by atoms with E-state index in [1.807, 2.05) is 0 Å². The van der Waals surface area contributed by atoms with Crippen molar-refractivity contribution in [1.29, 1.82) is 0 Å². The van der Waals surface area contributed by atoms with E-state index >= 15 is 0 Å². The Hall–Kier alpha value is -1.65. The minimum atomic E-state index is 0.0133. The van der Waals surface area contributed by atoms with Crippen molar-refractivity contribution in [2.24, 2.45) is 5.92 Å². The number of rotatable bonds is 0. The van der Waals surface area contributed by atoms with Crippen molar-refractivity contribution in [1.82, 2.24) is 19.6 Å². The first-order valence-corrected chi connectivity index (χ1v) is 5.19. The van der Waals surface area contributed by atoms with E-state index < -0.39 is 0 Å². The standard InChI is InChI=1S/C10H12N4O/c1-6-2-3-7-8(4-6)13-10-11-5-12-14(10)9(7)15/h5-6H,2-4H2,1H3,(H,11,12,13)/t6-/m0/s1. The molecule has 0 spiro atoms. The largest absolute Gasteiger partial charge is 0.278 e. The molecule has 78 valence electrons. The maximum atomic E-state index is 12.0. The molecule has 1 aliphatic carbocycles. The van der Waals surface area contributed by atoms with Crippen LogP contribution in [0.3, 0.4) is 0 Å². The molecule has 2 aromatic heterocycles. The van der Waals surface area contributed by atoms with Crippen LogP contribution >= 0.6 is 0 Å². The lowest BCUT2D eigenvalue weighted by molar-refractivity contribution is 0.487. The summed E-state index contributed by atoms with van der Waals surface area (Å²) < 4.78 is 1.41. The number of hydrogen-bond acceptors (Lipinski definition) is 3. The van der Waals surface area contributed by atoms with Gasteiger partial charge in [-0.25, -0.2) is 9.97 Å². The first-order chi connectivity index (χ1) is 7.25. The summed E-state index contributed by atoms with van der Waals surface area (Å²) in [6, 6.07) is 0. The number of nitrogens with zero attached hydrogens (tertiary/aromatic N) is 3. The molecule has 0 radical (unpaired) electrons. The van der Waals surface area contributed by atoms with Crippen molar-refractivity contribution in [3.05, 3.63) is 27.9 Å². The van der Waals surface area contributed by atoms with Crippen molar-refractivity contribution in [2.75, 3.05) is 0 Å². The molecule has 1 N–H and O–H groups in total. The zero-order valence-corrected chi connectivity index (χ0v) is 8.53. The van der Waals surface area contributed by atoms with E-state index in [0.29, 0.717) is 11.7 Å². The van der Waals surface area contributed by atoms with Crippen LogP contribution in [-0.2, 0) is 12.8 Å². The number of aromatic nitrogens is 4. The summed E-state index contributed by atoms with van der Waals surface area (Å²) in [6.45, 7) is 2.19. The van der Waals surface area contributed by atoms with E-state index in [1.54, 1.807) is 0 Å². The molecule has 0 aliphatic heterocycles. The van der Waals surface area contributed by atoms with Crippen molar-refractivity contribution < 1.29 is 0 Å². The molecule has 2 aromatic rings. The van der Waals surface area contributed by atoms with Crippen molar-refractivity contribution in [3.8, 4) is 0 Å². The first-order valence-electron chi connectivity index (χ1n) is 5.19. The number of nitrogens with one attached hydrogen (secondary N) is 1. The molecule has 0 saturated carbocycles. The Balaban J connectivity index is 2.33. The lowest BCUT2D eigenvalue weighted by Crippen LogP contribution is -2.27. The Bertz CT molecular complexity index is 568.